The lowest BCUT2D eigenvalue weighted by Crippen LogP contribution is -2.53. The summed E-state index contributed by atoms with van der Waals surface area (Å²) in [4.78, 5) is 28.8. The first-order valence-corrected chi connectivity index (χ1v) is 11.7. The average molecular weight is 421 g/mol. The number of amides is 2. The van der Waals surface area contributed by atoms with E-state index in [1.54, 1.807) is 0 Å². The summed E-state index contributed by atoms with van der Waals surface area (Å²) in [5.74, 6) is 2.30. The number of hydrogen-bond acceptors (Lipinski definition) is 6. The van der Waals surface area contributed by atoms with Crippen LogP contribution >= 0.6 is 11.8 Å². The van der Waals surface area contributed by atoms with Gasteiger partial charge in [-0.2, -0.15) is 0 Å². The van der Waals surface area contributed by atoms with Crippen molar-refractivity contribution in [3.05, 3.63) is 5.82 Å². The zero-order chi connectivity index (χ0) is 20.6. The molecule has 2 heterocycles. The van der Waals surface area contributed by atoms with Crippen molar-refractivity contribution in [1.29, 1.82) is 0 Å². The Kier molecular flexibility index (Phi) is 5.88. The maximum atomic E-state index is 12.7. The summed E-state index contributed by atoms with van der Waals surface area (Å²) in [7, 11) is 0. The highest BCUT2D eigenvalue weighted by Crippen LogP contribution is 2.45. The number of nitrogens with zero attached hydrogens (tertiary/aromatic N) is 5. The lowest BCUT2D eigenvalue weighted by atomic mass is 10.1. The van der Waals surface area contributed by atoms with E-state index in [0.29, 0.717) is 37.3 Å². The second kappa shape index (κ2) is 8.26. The molecule has 1 aromatic rings. The third-order valence-corrected chi connectivity index (χ3v) is 6.40. The molecule has 9 heteroatoms. The molecular formula is C20H32N6O2S. The first-order chi connectivity index (χ1) is 13.8. The molecule has 0 unspecified atom stereocenters. The smallest absolute Gasteiger partial charge is 0.234 e. The molecule has 4 rings (SSSR count). The van der Waals surface area contributed by atoms with Crippen molar-refractivity contribution in [3.8, 4) is 0 Å². The van der Waals surface area contributed by atoms with E-state index < -0.39 is 0 Å². The van der Waals surface area contributed by atoms with Gasteiger partial charge in [-0.25, -0.2) is 0 Å². The van der Waals surface area contributed by atoms with Crippen molar-refractivity contribution in [2.75, 3.05) is 38.5 Å². The van der Waals surface area contributed by atoms with Gasteiger partial charge in [0.2, 0.25) is 11.8 Å². The maximum absolute atomic E-state index is 12.7. The molecule has 29 heavy (non-hydrogen) atoms. The molecule has 2 aliphatic carbocycles. The Morgan fingerprint density at radius 1 is 1.07 bits per heavy atom. The molecule has 0 radical (unpaired) electrons. The summed E-state index contributed by atoms with van der Waals surface area (Å²) in [6.45, 7) is 9.15. The number of carbonyl (C=O) groups is 2. The lowest BCUT2D eigenvalue weighted by Gasteiger charge is -2.34. The molecule has 3 aliphatic rings. The molecule has 0 spiro atoms. The van der Waals surface area contributed by atoms with E-state index in [1.165, 1.54) is 37.4 Å². The van der Waals surface area contributed by atoms with Crippen LogP contribution in [0.5, 0.6) is 0 Å². The fraction of sp³-hybridized carbons (Fsp3) is 0.800. The minimum Gasteiger partial charge on any atom is -0.350 e. The molecule has 160 valence electrons. The minimum absolute atomic E-state index is 0.0405. The van der Waals surface area contributed by atoms with E-state index in [4.69, 9.17) is 0 Å². The van der Waals surface area contributed by atoms with Crippen LogP contribution in [-0.2, 0) is 9.59 Å². The molecule has 2 amide bonds. The van der Waals surface area contributed by atoms with Crippen LogP contribution in [0.2, 0.25) is 0 Å². The van der Waals surface area contributed by atoms with Crippen LogP contribution in [0.25, 0.3) is 0 Å². The van der Waals surface area contributed by atoms with E-state index in [0.717, 1.165) is 24.1 Å². The summed E-state index contributed by atoms with van der Waals surface area (Å²) in [6, 6.07) is 0.543. The summed E-state index contributed by atoms with van der Waals surface area (Å²) in [5.41, 5.74) is -0.216. The van der Waals surface area contributed by atoms with Crippen molar-refractivity contribution >= 4 is 23.6 Å². The molecule has 0 atom stereocenters. The Labute approximate surface area is 176 Å². The number of thioether (sulfide) groups is 1. The van der Waals surface area contributed by atoms with Gasteiger partial charge in [0, 0.05) is 43.7 Å². The van der Waals surface area contributed by atoms with Gasteiger partial charge in [-0.1, -0.05) is 11.8 Å². The third kappa shape index (κ3) is 5.51. The molecule has 1 saturated heterocycles. The number of piperazine rings is 1. The van der Waals surface area contributed by atoms with E-state index in [2.05, 4.69) is 25.0 Å². The van der Waals surface area contributed by atoms with Crippen LogP contribution in [0.3, 0.4) is 0 Å². The van der Waals surface area contributed by atoms with Gasteiger partial charge < -0.3 is 14.8 Å². The predicted octanol–water partition coefficient (Wildman–Crippen LogP) is 1.64. The predicted molar refractivity (Wildman–Crippen MR) is 112 cm³/mol. The maximum Gasteiger partial charge on any atom is 0.234 e. The average Bonchev–Trinajstić information content (AvgIpc) is 3.57. The molecule has 3 fully saturated rings. The highest BCUT2D eigenvalue weighted by molar-refractivity contribution is 7.99. The van der Waals surface area contributed by atoms with Gasteiger partial charge in [0.15, 0.2) is 5.16 Å². The molecule has 2 saturated carbocycles. The first kappa shape index (κ1) is 20.7. The quantitative estimate of drug-likeness (QED) is 0.675. The normalized spacial score (nSPS) is 20.7. The van der Waals surface area contributed by atoms with Crippen LogP contribution in [0, 0.1) is 0 Å². The van der Waals surface area contributed by atoms with Crippen LogP contribution < -0.4 is 5.32 Å². The Morgan fingerprint density at radius 3 is 2.34 bits per heavy atom. The van der Waals surface area contributed by atoms with Gasteiger partial charge in [-0.05, 0) is 46.5 Å². The Balaban J connectivity index is 1.23. The van der Waals surface area contributed by atoms with Crippen LogP contribution in [0.1, 0.15) is 64.2 Å². The molecular weight excluding hydrogens is 388 g/mol. The highest BCUT2D eigenvalue weighted by atomic mass is 32.2. The zero-order valence-corrected chi connectivity index (χ0v) is 18.5. The van der Waals surface area contributed by atoms with Crippen molar-refractivity contribution in [1.82, 2.24) is 29.9 Å². The van der Waals surface area contributed by atoms with Gasteiger partial charge in [-0.3, -0.25) is 14.5 Å². The number of carbonyl (C=O) groups excluding carboxylic acids is 2. The second-order valence-corrected chi connectivity index (χ2v) is 10.4. The van der Waals surface area contributed by atoms with E-state index in [9.17, 15) is 9.59 Å². The van der Waals surface area contributed by atoms with Crippen LogP contribution in [-0.4, -0.2) is 80.4 Å². The number of rotatable bonds is 7. The molecule has 0 bridgehead atoms. The summed E-state index contributed by atoms with van der Waals surface area (Å²) < 4.78 is 2.29. The summed E-state index contributed by atoms with van der Waals surface area (Å²) in [5, 5.41) is 12.7. The van der Waals surface area contributed by atoms with Gasteiger partial charge >= 0.3 is 0 Å². The van der Waals surface area contributed by atoms with Crippen molar-refractivity contribution in [3.63, 3.8) is 0 Å². The monoisotopic (exact) mass is 420 g/mol. The summed E-state index contributed by atoms with van der Waals surface area (Å²) in [6.07, 6.45) is 4.83. The minimum atomic E-state index is -0.216. The van der Waals surface area contributed by atoms with Crippen LogP contribution in [0.15, 0.2) is 5.16 Å². The van der Waals surface area contributed by atoms with E-state index in [1.807, 2.05) is 25.7 Å². The standard InChI is InChI=1S/C20H32N6O2S/c1-20(2,3)21-16(27)12-24-8-10-25(11-9-24)17(28)13-29-19-23-22-18(14-4-5-14)26(19)15-6-7-15/h14-15H,4-13H2,1-3H3,(H,21,27). The van der Waals surface area contributed by atoms with E-state index >= 15 is 0 Å². The number of aromatic nitrogens is 3. The fourth-order valence-corrected chi connectivity index (χ4v) is 4.63. The number of nitrogens with one attached hydrogen (secondary N) is 1. The van der Waals surface area contributed by atoms with Gasteiger partial charge in [0.25, 0.3) is 0 Å². The number of hydrogen-bond donors (Lipinski definition) is 1. The first-order valence-electron chi connectivity index (χ1n) is 10.7. The largest absolute Gasteiger partial charge is 0.350 e. The molecule has 1 aliphatic heterocycles. The van der Waals surface area contributed by atoms with Gasteiger partial charge in [-0.15, -0.1) is 10.2 Å². The van der Waals surface area contributed by atoms with Crippen molar-refractivity contribution < 1.29 is 9.59 Å². The lowest BCUT2D eigenvalue weighted by molar-refractivity contribution is -0.130. The molecule has 0 aromatic carbocycles. The summed E-state index contributed by atoms with van der Waals surface area (Å²) >= 11 is 1.52. The van der Waals surface area contributed by atoms with Crippen molar-refractivity contribution in [2.24, 2.45) is 0 Å². The van der Waals surface area contributed by atoms with Gasteiger partial charge in [0.05, 0.1) is 12.3 Å². The molecule has 8 nitrogen and oxygen atoms in total. The second-order valence-electron chi connectivity index (χ2n) is 9.46. The Morgan fingerprint density at radius 2 is 1.76 bits per heavy atom. The Bertz CT molecular complexity index is 758. The topological polar surface area (TPSA) is 83.4 Å². The Hall–Kier alpha value is -1.61. The van der Waals surface area contributed by atoms with E-state index in [-0.39, 0.29) is 17.4 Å². The fourth-order valence-electron chi connectivity index (χ4n) is 3.72. The van der Waals surface area contributed by atoms with Crippen LogP contribution in [0.4, 0.5) is 0 Å². The van der Waals surface area contributed by atoms with Gasteiger partial charge in [0.1, 0.15) is 5.82 Å². The van der Waals surface area contributed by atoms with Crippen molar-refractivity contribution in [2.45, 2.75) is 69.1 Å². The third-order valence-electron chi connectivity index (χ3n) is 5.48. The molecule has 1 N–H and O–H groups in total. The SMILES string of the molecule is CC(C)(C)NC(=O)CN1CCN(C(=O)CSc2nnc(C3CC3)n2C2CC2)CC1. The zero-order valence-electron chi connectivity index (χ0n) is 17.7. The molecule has 1 aromatic heterocycles. The highest BCUT2D eigenvalue weighted by Gasteiger charge is 2.36.